The molecule has 6 nitrogen and oxygen atoms in total. The molecule has 1 aliphatic rings. The number of hydrogen-bond donors (Lipinski definition) is 1. The van der Waals surface area contributed by atoms with Crippen molar-refractivity contribution in [3.63, 3.8) is 0 Å². The van der Waals surface area contributed by atoms with Crippen LogP contribution in [0.4, 0.5) is 15.8 Å². The number of piperidine rings is 1. The van der Waals surface area contributed by atoms with Gasteiger partial charge in [0.1, 0.15) is 5.82 Å². The maximum absolute atomic E-state index is 12.9. The van der Waals surface area contributed by atoms with E-state index in [4.69, 9.17) is 11.6 Å². The Morgan fingerprint density at radius 2 is 1.93 bits per heavy atom. The zero-order valence-corrected chi connectivity index (χ0v) is 16.2. The average molecular weight is 406 g/mol. The number of non-ortho nitro benzene ring substituents is 1. The molecular weight excluding hydrogens is 385 g/mol. The molecule has 1 amide bonds. The predicted molar refractivity (Wildman–Crippen MR) is 106 cm³/mol. The lowest BCUT2D eigenvalue weighted by Crippen LogP contribution is -2.40. The number of halogens is 2. The van der Waals surface area contributed by atoms with Crippen molar-refractivity contribution in [1.82, 2.24) is 5.32 Å². The van der Waals surface area contributed by atoms with Crippen LogP contribution in [0.25, 0.3) is 0 Å². The first-order chi connectivity index (χ1) is 13.3. The van der Waals surface area contributed by atoms with Gasteiger partial charge in [-0.15, -0.1) is 0 Å². The van der Waals surface area contributed by atoms with Crippen LogP contribution >= 0.6 is 11.6 Å². The first-order valence-corrected chi connectivity index (χ1v) is 9.44. The summed E-state index contributed by atoms with van der Waals surface area (Å²) in [6.45, 7) is 3.46. The van der Waals surface area contributed by atoms with Crippen LogP contribution in [0.5, 0.6) is 0 Å². The van der Waals surface area contributed by atoms with Crippen LogP contribution in [-0.4, -0.2) is 23.9 Å². The minimum atomic E-state index is -0.458. The highest BCUT2D eigenvalue weighted by molar-refractivity contribution is 6.33. The van der Waals surface area contributed by atoms with Crippen molar-refractivity contribution in [2.45, 2.75) is 26.3 Å². The highest BCUT2D eigenvalue weighted by atomic mass is 35.5. The molecule has 8 heteroatoms. The fourth-order valence-electron chi connectivity index (χ4n) is 3.53. The minimum Gasteiger partial charge on any atom is -0.370 e. The Balaban J connectivity index is 1.57. The Kier molecular flexibility index (Phi) is 6.14. The van der Waals surface area contributed by atoms with Gasteiger partial charge in [0.25, 0.3) is 5.69 Å². The van der Waals surface area contributed by atoms with E-state index in [0.29, 0.717) is 37.5 Å². The first-order valence-electron chi connectivity index (χ1n) is 9.07. The zero-order chi connectivity index (χ0) is 20.3. The first kappa shape index (κ1) is 20.1. The number of carbonyl (C=O) groups is 1. The van der Waals surface area contributed by atoms with E-state index in [9.17, 15) is 19.3 Å². The second kappa shape index (κ2) is 8.56. The lowest BCUT2D eigenvalue weighted by Gasteiger charge is -2.34. The number of amides is 1. The monoisotopic (exact) mass is 405 g/mol. The van der Waals surface area contributed by atoms with E-state index < -0.39 is 4.92 Å². The van der Waals surface area contributed by atoms with Crippen molar-refractivity contribution in [2.75, 3.05) is 18.0 Å². The van der Waals surface area contributed by atoms with E-state index in [2.05, 4.69) is 10.2 Å². The van der Waals surface area contributed by atoms with Gasteiger partial charge in [-0.2, -0.15) is 0 Å². The van der Waals surface area contributed by atoms with E-state index >= 15 is 0 Å². The second-order valence-corrected chi connectivity index (χ2v) is 7.36. The highest BCUT2D eigenvalue weighted by Gasteiger charge is 2.27. The minimum absolute atomic E-state index is 0.0181. The van der Waals surface area contributed by atoms with E-state index in [1.54, 1.807) is 19.1 Å². The predicted octanol–water partition coefficient (Wildman–Crippen LogP) is 4.23. The zero-order valence-electron chi connectivity index (χ0n) is 15.5. The van der Waals surface area contributed by atoms with Gasteiger partial charge in [-0.1, -0.05) is 23.7 Å². The van der Waals surface area contributed by atoms with E-state index in [1.165, 1.54) is 24.3 Å². The third-order valence-electron chi connectivity index (χ3n) is 5.01. The standard InChI is InChI=1S/C20H21ClFN3O3/c1-13-10-17(25(27)28)11-18(21)19(13)24-8-6-15(7-9-24)20(26)23-12-14-2-4-16(22)5-3-14/h2-5,10-11,15H,6-9,12H2,1H3,(H,23,26). The van der Waals surface area contributed by atoms with Crippen molar-refractivity contribution >= 4 is 28.9 Å². The van der Waals surface area contributed by atoms with Gasteiger partial charge in [0.2, 0.25) is 5.91 Å². The number of carbonyl (C=O) groups excluding carboxylic acids is 1. The number of rotatable bonds is 5. The van der Waals surface area contributed by atoms with Gasteiger partial charge in [0.05, 0.1) is 15.6 Å². The molecule has 3 rings (SSSR count). The molecule has 2 aromatic carbocycles. The molecule has 1 heterocycles. The van der Waals surface area contributed by atoms with Crippen LogP contribution in [0, 0.1) is 28.8 Å². The van der Waals surface area contributed by atoms with Crippen molar-refractivity contribution in [3.8, 4) is 0 Å². The largest absolute Gasteiger partial charge is 0.370 e. The number of hydrogen-bond acceptors (Lipinski definition) is 4. The van der Waals surface area contributed by atoms with Gasteiger partial charge in [0.15, 0.2) is 0 Å². The highest BCUT2D eigenvalue weighted by Crippen LogP contribution is 2.35. The molecule has 0 saturated carbocycles. The number of nitro benzene ring substituents is 1. The molecule has 1 saturated heterocycles. The van der Waals surface area contributed by atoms with Gasteiger partial charge >= 0.3 is 0 Å². The molecule has 1 N–H and O–H groups in total. The van der Waals surface area contributed by atoms with Gasteiger partial charge in [-0.3, -0.25) is 14.9 Å². The number of nitro groups is 1. The average Bonchev–Trinajstić information content (AvgIpc) is 2.67. The summed E-state index contributed by atoms with van der Waals surface area (Å²) >= 11 is 6.29. The van der Waals surface area contributed by atoms with Crippen LogP contribution in [0.3, 0.4) is 0 Å². The van der Waals surface area contributed by atoms with Crippen molar-refractivity contribution < 1.29 is 14.1 Å². The Hall–Kier alpha value is -2.67. The van der Waals surface area contributed by atoms with Gasteiger partial charge in [0, 0.05) is 37.7 Å². The lowest BCUT2D eigenvalue weighted by molar-refractivity contribution is -0.384. The molecule has 2 aromatic rings. The molecular formula is C20H21ClFN3O3. The quantitative estimate of drug-likeness (QED) is 0.596. The molecule has 1 aliphatic heterocycles. The molecule has 0 unspecified atom stereocenters. The maximum Gasteiger partial charge on any atom is 0.271 e. The third-order valence-corrected chi connectivity index (χ3v) is 5.30. The number of nitrogens with one attached hydrogen (secondary N) is 1. The smallest absolute Gasteiger partial charge is 0.271 e. The van der Waals surface area contributed by atoms with E-state index in [0.717, 1.165) is 16.8 Å². The molecule has 1 fully saturated rings. The topological polar surface area (TPSA) is 75.5 Å². The second-order valence-electron chi connectivity index (χ2n) is 6.96. The molecule has 0 spiro atoms. The van der Waals surface area contributed by atoms with Crippen LogP contribution < -0.4 is 10.2 Å². The Labute approximate surface area is 167 Å². The van der Waals surface area contributed by atoms with Gasteiger partial charge in [-0.05, 0) is 43.0 Å². The number of nitrogens with zero attached hydrogens (tertiary/aromatic N) is 2. The number of aryl methyl sites for hydroxylation is 1. The molecule has 0 atom stereocenters. The molecule has 0 aromatic heterocycles. The SMILES string of the molecule is Cc1cc([N+](=O)[O-])cc(Cl)c1N1CCC(C(=O)NCc2ccc(F)cc2)CC1. The molecule has 0 bridgehead atoms. The summed E-state index contributed by atoms with van der Waals surface area (Å²) in [5, 5.41) is 14.2. The van der Waals surface area contributed by atoms with E-state index in [-0.39, 0.29) is 23.3 Å². The summed E-state index contributed by atoms with van der Waals surface area (Å²) in [5.41, 5.74) is 2.36. The van der Waals surface area contributed by atoms with Crippen molar-refractivity contribution in [3.05, 3.63) is 68.5 Å². The van der Waals surface area contributed by atoms with Crippen LogP contribution in [0.2, 0.25) is 5.02 Å². The molecule has 0 radical (unpaired) electrons. The summed E-state index contributed by atoms with van der Waals surface area (Å²) in [6, 6.07) is 8.93. The van der Waals surface area contributed by atoms with Crippen LogP contribution in [0.15, 0.2) is 36.4 Å². The van der Waals surface area contributed by atoms with Crippen molar-refractivity contribution in [2.24, 2.45) is 5.92 Å². The summed E-state index contributed by atoms with van der Waals surface area (Å²) in [4.78, 5) is 25.0. The Bertz CT molecular complexity index is 858. The van der Waals surface area contributed by atoms with Crippen LogP contribution in [0.1, 0.15) is 24.0 Å². The normalized spacial score (nSPS) is 14.8. The summed E-state index contributed by atoms with van der Waals surface area (Å²) in [5.74, 6) is -0.424. The van der Waals surface area contributed by atoms with Gasteiger partial charge < -0.3 is 10.2 Å². The Morgan fingerprint density at radius 3 is 2.50 bits per heavy atom. The summed E-state index contributed by atoms with van der Waals surface area (Å²) in [6.07, 6.45) is 1.34. The summed E-state index contributed by atoms with van der Waals surface area (Å²) < 4.78 is 12.9. The van der Waals surface area contributed by atoms with Crippen LogP contribution in [-0.2, 0) is 11.3 Å². The Morgan fingerprint density at radius 1 is 1.29 bits per heavy atom. The molecule has 0 aliphatic carbocycles. The third kappa shape index (κ3) is 4.59. The molecule has 148 valence electrons. The number of anilines is 1. The van der Waals surface area contributed by atoms with E-state index in [1.807, 2.05) is 0 Å². The fourth-order valence-corrected chi connectivity index (χ4v) is 3.91. The number of benzene rings is 2. The fraction of sp³-hybridized carbons (Fsp3) is 0.350. The summed E-state index contributed by atoms with van der Waals surface area (Å²) in [7, 11) is 0. The molecule has 28 heavy (non-hydrogen) atoms. The lowest BCUT2D eigenvalue weighted by atomic mass is 9.95. The van der Waals surface area contributed by atoms with Crippen molar-refractivity contribution in [1.29, 1.82) is 0 Å². The maximum atomic E-state index is 12.9. The van der Waals surface area contributed by atoms with Gasteiger partial charge in [-0.25, -0.2) is 4.39 Å².